The van der Waals surface area contributed by atoms with E-state index in [1.54, 1.807) is 0 Å². The summed E-state index contributed by atoms with van der Waals surface area (Å²) in [6, 6.07) is -0.351. The Morgan fingerprint density at radius 2 is 1.89 bits per heavy atom. The number of carbonyl (C=O) groups excluding carboxylic acids is 1. The predicted octanol–water partition coefficient (Wildman–Crippen LogP) is 0.0289. The maximum atomic E-state index is 12.0. The maximum absolute atomic E-state index is 12.0. The number of rotatable bonds is 5. The fourth-order valence-electron chi connectivity index (χ4n) is 2.34. The van der Waals surface area contributed by atoms with Gasteiger partial charge in [-0.05, 0) is 20.3 Å². The van der Waals surface area contributed by atoms with Crippen molar-refractivity contribution in [1.29, 1.82) is 0 Å². The Hall–Kier alpha value is -0.650. The van der Waals surface area contributed by atoms with Crippen LogP contribution < -0.4 is 5.73 Å². The molecule has 0 spiro atoms. The fourth-order valence-corrected chi connectivity index (χ4v) is 2.34. The van der Waals surface area contributed by atoms with Crippen molar-refractivity contribution in [2.45, 2.75) is 45.3 Å². The molecule has 1 rings (SSSR count). The first-order valence-corrected chi connectivity index (χ1v) is 6.82. The molecule has 1 atom stereocenters. The van der Waals surface area contributed by atoms with Gasteiger partial charge in [0, 0.05) is 32.7 Å². The number of piperazine rings is 1. The summed E-state index contributed by atoms with van der Waals surface area (Å²) >= 11 is 0. The number of aliphatic hydroxyl groups is 1. The highest BCUT2D eigenvalue weighted by Crippen LogP contribution is 2.10. The third kappa shape index (κ3) is 4.92. The lowest BCUT2D eigenvalue weighted by molar-refractivity contribution is -0.134. The van der Waals surface area contributed by atoms with E-state index in [1.807, 2.05) is 25.7 Å². The molecule has 3 N–H and O–H groups in total. The van der Waals surface area contributed by atoms with Gasteiger partial charge in [0.1, 0.15) is 0 Å². The van der Waals surface area contributed by atoms with Crippen LogP contribution in [0.5, 0.6) is 0 Å². The van der Waals surface area contributed by atoms with Crippen molar-refractivity contribution >= 4 is 5.91 Å². The number of hydrogen-bond acceptors (Lipinski definition) is 4. The molecular formula is C13H27N3O2. The third-order valence-electron chi connectivity index (χ3n) is 3.21. The quantitative estimate of drug-likeness (QED) is 0.729. The lowest BCUT2D eigenvalue weighted by atomic mass is 10.1. The molecule has 0 aromatic carbocycles. The topological polar surface area (TPSA) is 69.8 Å². The van der Waals surface area contributed by atoms with E-state index >= 15 is 0 Å². The zero-order valence-corrected chi connectivity index (χ0v) is 11.9. The Kier molecular flexibility index (Phi) is 5.56. The zero-order valence-electron chi connectivity index (χ0n) is 11.9. The predicted molar refractivity (Wildman–Crippen MR) is 72.2 cm³/mol. The minimum Gasteiger partial charge on any atom is -0.389 e. The van der Waals surface area contributed by atoms with E-state index < -0.39 is 5.60 Å². The van der Waals surface area contributed by atoms with Gasteiger partial charge in [0.05, 0.1) is 11.6 Å². The van der Waals surface area contributed by atoms with Gasteiger partial charge in [-0.3, -0.25) is 9.69 Å². The van der Waals surface area contributed by atoms with Crippen LogP contribution in [-0.2, 0) is 4.79 Å². The molecule has 5 nitrogen and oxygen atoms in total. The van der Waals surface area contributed by atoms with Crippen LogP contribution in [0.4, 0.5) is 0 Å². The number of amides is 1. The SMILES string of the molecule is CCC[C@H](N)C(=O)N1CCN(CC(C)(C)O)CC1. The Bertz CT molecular complexity index is 268. The first-order chi connectivity index (χ1) is 8.33. The summed E-state index contributed by atoms with van der Waals surface area (Å²) in [5, 5.41) is 9.76. The van der Waals surface area contributed by atoms with Gasteiger partial charge in [0.2, 0.25) is 5.91 Å². The molecule has 1 aliphatic heterocycles. The lowest BCUT2D eigenvalue weighted by Gasteiger charge is -2.38. The van der Waals surface area contributed by atoms with Gasteiger partial charge >= 0.3 is 0 Å². The average Bonchev–Trinajstić information content (AvgIpc) is 2.27. The monoisotopic (exact) mass is 257 g/mol. The minimum absolute atomic E-state index is 0.0692. The molecule has 1 saturated heterocycles. The summed E-state index contributed by atoms with van der Waals surface area (Å²) in [6.45, 7) is 9.36. The second-order valence-corrected chi connectivity index (χ2v) is 5.81. The van der Waals surface area contributed by atoms with Gasteiger partial charge in [-0.1, -0.05) is 13.3 Å². The number of nitrogens with two attached hydrogens (primary N) is 1. The van der Waals surface area contributed by atoms with Crippen LogP contribution in [0.2, 0.25) is 0 Å². The Labute approximate surface area is 110 Å². The molecule has 0 aromatic heterocycles. The Morgan fingerprint density at radius 3 is 2.33 bits per heavy atom. The largest absolute Gasteiger partial charge is 0.389 e. The molecule has 0 aromatic rings. The molecule has 1 fully saturated rings. The molecular weight excluding hydrogens is 230 g/mol. The molecule has 106 valence electrons. The smallest absolute Gasteiger partial charge is 0.239 e. The Morgan fingerprint density at radius 1 is 1.33 bits per heavy atom. The van der Waals surface area contributed by atoms with Gasteiger partial charge in [-0.2, -0.15) is 0 Å². The summed E-state index contributed by atoms with van der Waals surface area (Å²) in [7, 11) is 0. The van der Waals surface area contributed by atoms with Crippen molar-refractivity contribution < 1.29 is 9.90 Å². The summed E-state index contributed by atoms with van der Waals surface area (Å²) in [6.07, 6.45) is 1.69. The molecule has 1 aliphatic rings. The third-order valence-corrected chi connectivity index (χ3v) is 3.21. The summed E-state index contributed by atoms with van der Waals surface area (Å²) in [4.78, 5) is 16.1. The summed E-state index contributed by atoms with van der Waals surface area (Å²) < 4.78 is 0. The van der Waals surface area contributed by atoms with Crippen molar-refractivity contribution in [2.24, 2.45) is 5.73 Å². The highest BCUT2D eigenvalue weighted by Gasteiger charge is 2.26. The highest BCUT2D eigenvalue weighted by atomic mass is 16.3. The molecule has 18 heavy (non-hydrogen) atoms. The van der Waals surface area contributed by atoms with Crippen LogP contribution in [-0.4, -0.2) is 65.2 Å². The lowest BCUT2D eigenvalue weighted by Crippen LogP contribution is -2.55. The van der Waals surface area contributed by atoms with Gasteiger partial charge in [-0.15, -0.1) is 0 Å². The van der Waals surface area contributed by atoms with Crippen molar-refractivity contribution in [1.82, 2.24) is 9.80 Å². The van der Waals surface area contributed by atoms with Crippen LogP contribution in [0.3, 0.4) is 0 Å². The van der Waals surface area contributed by atoms with Crippen LogP contribution in [0.1, 0.15) is 33.6 Å². The van der Waals surface area contributed by atoms with Gasteiger partial charge < -0.3 is 15.7 Å². The molecule has 0 unspecified atom stereocenters. The first kappa shape index (κ1) is 15.4. The summed E-state index contributed by atoms with van der Waals surface area (Å²) in [5.41, 5.74) is 5.17. The molecule has 1 heterocycles. The molecule has 0 radical (unpaired) electrons. The van der Waals surface area contributed by atoms with Gasteiger partial charge in [0.15, 0.2) is 0 Å². The number of carbonyl (C=O) groups is 1. The van der Waals surface area contributed by atoms with Crippen LogP contribution in [0, 0.1) is 0 Å². The first-order valence-electron chi connectivity index (χ1n) is 6.82. The van der Waals surface area contributed by atoms with E-state index in [0.29, 0.717) is 19.6 Å². The number of β-amino-alcohol motifs (C(OH)–C–C–N with tert-alkyl or cyclic N) is 1. The van der Waals surface area contributed by atoms with Gasteiger partial charge in [-0.25, -0.2) is 0 Å². The van der Waals surface area contributed by atoms with E-state index in [1.165, 1.54) is 0 Å². The maximum Gasteiger partial charge on any atom is 0.239 e. The molecule has 0 bridgehead atoms. The zero-order chi connectivity index (χ0) is 13.8. The number of nitrogens with zero attached hydrogens (tertiary/aromatic N) is 2. The summed E-state index contributed by atoms with van der Waals surface area (Å²) in [5.74, 6) is 0.0692. The van der Waals surface area contributed by atoms with Crippen LogP contribution in [0.15, 0.2) is 0 Å². The molecule has 5 heteroatoms. The number of hydrogen-bond donors (Lipinski definition) is 2. The van der Waals surface area contributed by atoms with E-state index in [0.717, 1.165) is 25.9 Å². The second-order valence-electron chi connectivity index (χ2n) is 5.81. The normalized spacial score (nSPS) is 19.9. The van der Waals surface area contributed by atoms with E-state index in [4.69, 9.17) is 5.73 Å². The second kappa shape index (κ2) is 6.50. The fraction of sp³-hybridized carbons (Fsp3) is 0.923. The molecule has 0 aliphatic carbocycles. The van der Waals surface area contributed by atoms with Gasteiger partial charge in [0.25, 0.3) is 0 Å². The standard InChI is InChI=1S/C13H27N3O2/c1-4-5-11(14)12(17)16-8-6-15(7-9-16)10-13(2,3)18/h11,18H,4-10,14H2,1-3H3/t11-/m0/s1. The van der Waals surface area contributed by atoms with Crippen molar-refractivity contribution in [3.63, 3.8) is 0 Å². The van der Waals surface area contributed by atoms with E-state index in [2.05, 4.69) is 4.90 Å². The van der Waals surface area contributed by atoms with Crippen molar-refractivity contribution in [3.05, 3.63) is 0 Å². The molecule has 1 amide bonds. The highest BCUT2D eigenvalue weighted by molar-refractivity contribution is 5.81. The van der Waals surface area contributed by atoms with Crippen LogP contribution in [0.25, 0.3) is 0 Å². The van der Waals surface area contributed by atoms with Crippen molar-refractivity contribution in [3.8, 4) is 0 Å². The van der Waals surface area contributed by atoms with E-state index in [9.17, 15) is 9.90 Å². The molecule has 0 saturated carbocycles. The van der Waals surface area contributed by atoms with E-state index in [-0.39, 0.29) is 11.9 Å². The van der Waals surface area contributed by atoms with Crippen LogP contribution >= 0.6 is 0 Å². The Balaban J connectivity index is 2.37. The van der Waals surface area contributed by atoms with Crippen molar-refractivity contribution in [2.75, 3.05) is 32.7 Å². The average molecular weight is 257 g/mol. The minimum atomic E-state index is -0.676.